The summed E-state index contributed by atoms with van der Waals surface area (Å²) in [5.41, 5.74) is 2.59. The zero-order valence-corrected chi connectivity index (χ0v) is 12.3. The molecule has 2 aromatic rings. The van der Waals surface area contributed by atoms with Crippen molar-refractivity contribution in [2.45, 2.75) is 52.4 Å². The monoisotopic (exact) mass is 257 g/mol. The van der Waals surface area contributed by atoms with Crippen LogP contribution in [0.25, 0.3) is 11.4 Å². The van der Waals surface area contributed by atoms with E-state index in [0.29, 0.717) is 0 Å². The molecule has 0 unspecified atom stereocenters. The van der Waals surface area contributed by atoms with Gasteiger partial charge in [-0.25, -0.2) is 4.98 Å². The van der Waals surface area contributed by atoms with Gasteiger partial charge in [-0.15, -0.1) is 0 Å². The molecule has 3 heteroatoms. The third kappa shape index (κ3) is 3.43. The number of nitrogens with zero attached hydrogens (tertiary/aromatic N) is 2. The van der Waals surface area contributed by atoms with E-state index >= 15 is 0 Å². The van der Waals surface area contributed by atoms with Crippen LogP contribution < -0.4 is 0 Å². The van der Waals surface area contributed by atoms with Gasteiger partial charge >= 0.3 is 0 Å². The molecule has 0 aliphatic rings. The molecule has 1 N–H and O–H groups in total. The lowest BCUT2D eigenvalue weighted by Crippen LogP contribution is -2.10. The average molecular weight is 257 g/mol. The van der Waals surface area contributed by atoms with E-state index in [1.807, 2.05) is 0 Å². The molecular weight excluding hydrogens is 234 g/mol. The first kappa shape index (κ1) is 13.8. The lowest BCUT2D eigenvalue weighted by Gasteiger charge is -2.18. The van der Waals surface area contributed by atoms with E-state index in [9.17, 15) is 0 Å². The number of aromatic nitrogens is 3. The summed E-state index contributed by atoms with van der Waals surface area (Å²) >= 11 is 0. The summed E-state index contributed by atoms with van der Waals surface area (Å²) < 4.78 is 0. The molecule has 1 heterocycles. The molecule has 0 saturated carbocycles. The minimum absolute atomic E-state index is 0.184. The summed E-state index contributed by atoms with van der Waals surface area (Å²) in [5.74, 6) is 1.78. The van der Waals surface area contributed by atoms with E-state index in [2.05, 4.69) is 67.1 Å². The molecule has 19 heavy (non-hydrogen) atoms. The largest absolute Gasteiger partial charge is 0.263 e. The van der Waals surface area contributed by atoms with Gasteiger partial charge in [0.25, 0.3) is 0 Å². The van der Waals surface area contributed by atoms with Gasteiger partial charge in [-0.05, 0) is 17.4 Å². The van der Waals surface area contributed by atoms with Crippen LogP contribution in [0.3, 0.4) is 0 Å². The summed E-state index contributed by atoms with van der Waals surface area (Å²) in [6, 6.07) is 8.54. The second-order valence-corrected chi connectivity index (χ2v) is 6.04. The molecule has 0 atom stereocenters. The number of unbranched alkanes of at least 4 members (excludes halogenated alkanes) is 1. The lowest BCUT2D eigenvalue weighted by atomic mass is 9.87. The van der Waals surface area contributed by atoms with Crippen LogP contribution in [0.15, 0.2) is 24.3 Å². The first-order chi connectivity index (χ1) is 9.00. The topological polar surface area (TPSA) is 41.6 Å². The predicted octanol–water partition coefficient (Wildman–Crippen LogP) is 4.11. The van der Waals surface area contributed by atoms with E-state index in [0.717, 1.165) is 30.1 Å². The van der Waals surface area contributed by atoms with E-state index in [4.69, 9.17) is 0 Å². The van der Waals surface area contributed by atoms with Gasteiger partial charge in [-0.1, -0.05) is 58.4 Å². The smallest absolute Gasteiger partial charge is 0.181 e. The third-order valence-corrected chi connectivity index (χ3v) is 3.31. The van der Waals surface area contributed by atoms with Crippen LogP contribution in [0.1, 0.15) is 51.9 Å². The van der Waals surface area contributed by atoms with E-state index in [1.54, 1.807) is 0 Å². The number of nitrogens with one attached hydrogen (secondary N) is 1. The van der Waals surface area contributed by atoms with Crippen molar-refractivity contribution in [1.82, 2.24) is 15.2 Å². The lowest BCUT2D eigenvalue weighted by molar-refractivity contribution is 0.590. The van der Waals surface area contributed by atoms with Crippen LogP contribution in [0.4, 0.5) is 0 Å². The molecule has 0 bridgehead atoms. The van der Waals surface area contributed by atoms with Crippen molar-refractivity contribution in [2.75, 3.05) is 0 Å². The van der Waals surface area contributed by atoms with Crippen LogP contribution in [-0.4, -0.2) is 15.2 Å². The minimum Gasteiger partial charge on any atom is -0.263 e. The molecule has 0 fully saturated rings. The minimum atomic E-state index is 0.184. The van der Waals surface area contributed by atoms with Gasteiger partial charge in [0, 0.05) is 12.0 Å². The number of hydrogen-bond acceptors (Lipinski definition) is 2. The molecule has 1 aromatic carbocycles. The summed E-state index contributed by atoms with van der Waals surface area (Å²) in [5, 5.41) is 7.32. The molecule has 102 valence electrons. The van der Waals surface area contributed by atoms with Crippen LogP contribution >= 0.6 is 0 Å². The van der Waals surface area contributed by atoms with Gasteiger partial charge in [-0.2, -0.15) is 5.10 Å². The highest BCUT2D eigenvalue weighted by Gasteiger charge is 2.13. The van der Waals surface area contributed by atoms with Gasteiger partial charge < -0.3 is 0 Å². The third-order valence-electron chi connectivity index (χ3n) is 3.31. The molecule has 0 radical (unpaired) electrons. The summed E-state index contributed by atoms with van der Waals surface area (Å²) in [6.45, 7) is 8.84. The molecule has 2 rings (SSSR count). The molecule has 3 nitrogen and oxygen atoms in total. The molecule has 0 amide bonds. The SMILES string of the molecule is CCCCc1nc(-c2ccc(C(C)(C)C)cc2)n[nH]1. The summed E-state index contributed by atoms with van der Waals surface area (Å²) in [4.78, 5) is 4.54. The highest BCUT2D eigenvalue weighted by Crippen LogP contribution is 2.24. The normalized spacial score (nSPS) is 11.8. The predicted molar refractivity (Wildman–Crippen MR) is 79.1 cm³/mol. The van der Waals surface area contributed by atoms with E-state index < -0.39 is 0 Å². The van der Waals surface area contributed by atoms with Gasteiger partial charge in [0.1, 0.15) is 5.82 Å². The zero-order chi connectivity index (χ0) is 13.9. The highest BCUT2D eigenvalue weighted by atomic mass is 15.2. The Hall–Kier alpha value is -1.64. The van der Waals surface area contributed by atoms with E-state index in [-0.39, 0.29) is 5.41 Å². The van der Waals surface area contributed by atoms with Crippen molar-refractivity contribution in [3.63, 3.8) is 0 Å². The van der Waals surface area contributed by atoms with Crippen LogP contribution in [0, 0.1) is 0 Å². The van der Waals surface area contributed by atoms with E-state index in [1.165, 1.54) is 12.0 Å². The van der Waals surface area contributed by atoms with Gasteiger partial charge in [0.15, 0.2) is 5.82 Å². The van der Waals surface area contributed by atoms with Crippen molar-refractivity contribution in [1.29, 1.82) is 0 Å². The quantitative estimate of drug-likeness (QED) is 0.895. The second kappa shape index (κ2) is 5.55. The maximum Gasteiger partial charge on any atom is 0.181 e. The Morgan fingerprint density at radius 2 is 1.79 bits per heavy atom. The van der Waals surface area contributed by atoms with Crippen LogP contribution in [-0.2, 0) is 11.8 Å². The standard InChI is InChI=1S/C16H23N3/c1-5-6-7-14-17-15(19-18-14)12-8-10-13(11-9-12)16(2,3)4/h8-11H,5-7H2,1-4H3,(H,17,18,19). The molecular formula is C16H23N3. The van der Waals surface area contributed by atoms with Crippen molar-refractivity contribution >= 4 is 0 Å². The first-order valence-electron chi connectivity index (χ1n) is 7.03. The zero-order valence-electron chi connectivity index (χ0n) is 12.3. The maximum atomic E-state index is 4.54. The average Bonchev–Trinajstić information content (AvgIpc) is 2.84. The Morgan fingerprint density at radius 3 is 2.37 bits per heavy atom. The molecule has 0 aliphatic heterocycles. The Morgan fingerprint density at radius 1 is 1.11 bits per heavy atom. The fraction of sp³-hybridized carbons (Fsp3) is 0.500. The first-order valence-corrected chi connectivity index (χ1v) is 7.03. The van der Waals surface area contributed by atoms with Crippen LogP contribution in [0.2, 0.25) is 0 Å². The molecule has 1 aromatic heterocycles. The van der Waals surface area contributed by atoms with Gasteiger partial charge in [0.2, 0.25) is 0 Å². The van der Waals surface area contributed by atoms with Crippen molar-refractivity contribution in [2.24, 2.45) is 0 Å². The number of rotatable bonds is 4. The Labute approximate surface area is 115 Å². The second-order valence-electron chi connectivity index (χ2n) is 6.04. The molecule has 0 saturated heterocycles. The summed E-state index contributed by atoms with van der Waals surface area (Å²) in [7, 11) is 0. The number of aromatic amines is 1. The van der Waals surface area contributed by atoms with Gasteiger partial charge in [0.05, 0.1) is 0 Å². The summed E-state index contributed by atoms with van der Waals surface area (Å²) in [6.07, 6.45) is 3.30. The Kier molecular flexibility index (Phi) is 4.03. The van der Waals surface area contributed by atoms with Crippen molar-refractivity contribution < 1.29 is 0 Å². The maximum absolute atomic E-state index is 4.54. The fourth-order valence-corrected chi connectivity index (χ4v) is 2.00. The number of aryl methyl sites for hydroxylation is 1. The number of benzene rings is 1. The Balaban J connectivity index is 2.16. The van der Waals surface area contributed by atoms with Crippen molar-refractivity contribution in [3.05, 3.63) is 35.7 Å². The highest BCUT2D eigenvalue weighted by molar-refractivity contribution is 5.55. The number of H-pyrrole nitrogens is 1. The molecule has 0 aliphatic carbocycles. The van der Waals surface area contributed by atoms with Crippen molar-refractivity contribution in [3.8, 4) is 11.4 Å². The molecule has 0 spiro atoms. The Bertz CT molecular complexity index is 518. The number of hydrogen-bond donors (Lipinski definition) is 1. The van der Waals surface area contributed by atoms with Crippen LogP contribution in [0.5, 0.6) is 0 Å². The fourth-order valence-electron chi connectivity index (χ4n) is 2.00. The van der Waals surface area contributed by atoms with Gasteiger partial charge in [-0.3, -0.25) is 5.10 Å².